The van der Waals surface area contributed by atoms with E-state index in [1.54, 1.807) is 61.8 Å². The molecule has 2 rings (SSSR count). The molecule has 2 N–H and O–H groups in total. The van der Waals surface area contributed by atoms with E-state index in [4.69, 9.17) is 9.47 Å². The predicted octanol–water partition coefficient (Wildman–Crippen LogP) is 3.25. The van der Waals surface area contributed by atoms with E-state index in [2.05, 4.69) is 22.2 Å². The van der Waals surface area contributed by atoms with Gasteiger partial charge in [-0.25, -0.2) is 4.79 Å². The van der Waals surface area contributed by atoms with Crippen LogP contribution in [0.15, 0.2) is 61.4 Å². The number of pyridine rings is 1. The van der Waals surface area contributed by atoms with E-state index in [9.17, 15) is 9.59 Å². The van der Waals surface area contributed by atoms with Crippen molar-refractivity contribution >= 4 is 17.7 Å². The first-order valence-corrected chi connectivity index (χ1v) is 8.37. The fourth-order valence-corrected chi connectivity index (χ4v) is 2.53. The third-order valence-corrected chi connectivity index (χ3v) is 3.89. The van der Waals surface area contributed by atoms with E-state index in [1.165, 1.54) is 7.11 Å². The van der Waals surface area contributed by atoms with Gasteiger partial charge in [-0.05, 0) is 36.8 Å². The van der Waals surface area contributed by atoms with Crippen molar-refractivity contribution in [2.24, 2.45) is 0 Å². The van der Waals surface area contributed by atoms with Crippen LogP contribution in [0.3, 0.4) is 0 Å². The molecule has 1 atom stereocenters. The van der Waals surface area contributed by atoms with E-state index in [0.29, 0.717) is 18.0 Å². The largest absolute Gasteiger partial charge is 0.489 e. The molecule has 0 saturated carbocycles. The Labute approximate surface area is 158 Å². The number of hydrogen-bond donors (Lipinski definition) is 2. The predicted molar refractivity (Wildman–Crippen MR) is 103 cm³/mol. The molecule has 1 unspecified atom stereocenters. The van der Waals surface area contributed by atoms with Crippen LogP contribution in [0.1, 0.15) is 18.9 Å². The first-order valence-electron chi connectivity index (χ1n) is 8.37. The Balaban J connectivity index is 2.14. The molecule has 0 aliphatic carbocycles. The van der Waals surface area contributed by atoms with E-state index < -0.39 is 17.5 Å². The summed E-state index contributed by atoms with van der Waals surface area (Å²) in [6.07, 6.45) is 4.82. The summed E-state index contributed by atoms with van der Waals surface area (Å²) in [6.45, 7) is 5.72. The van der Waals surface area contributed by atoms with Crippen LogP contribution in [0.25, 0.3) is 0 Å². The molecule has 0 bridgehead atoms. The number of ether oxygens (including phenoxy) is 2. The van der Waals surface area contributed by atoms with Crippen molar-refractivity contribution in [1.29, 1.82) is 0 Å². The number of carbonyl (C=O) groups is 2. The summed E-state index contributed by atoms with van der Waals surface area (Å²) in [5.74, 6) is 0.175. The zero-order chi connectivity index (χ0) is 19.7. The number of nitrogens with one attached hydrogen (secondary N) is 2. The second-order valence-electron chi connectivity index (χ2n) is 6.03. The number of hydrogen-bond acceptors (Lipinski definition) is 5. The first kappa shape index (κ1) is 20.0. The quantitative estimate of drug-likeness (QED) is 0.551. The Bertz CT molecular complexity index is 795. The highest BCUT2D eigenvalue weighted by atomic mass is 16.5. The summed E-state index contributed by atoms with van der Waals surface area (Å²) in [5.41, 5.74) is 0.335. The molecule has 0 spiro atoms. The van der Waals surface area contributed by atoms with Gasteiger partial charge in [0.1, 0.15) is 12.4 Å². The average Bonchev–Trinajstić information content (AvgIpc) is 2.67. The molecule has 0 aliphatic rings. The molecule has 2 amide bonds. The highest BCUT2D eigenvalue weighted by molar-refractivity contribution is 5.90. The number of methoxy groups -OCH3 is 1. The van der Waals surface area contributed by atoms with Crippen LogP contribution in [-0.4, -0.2) is 30.7 Å². The van der Waals surface area contributed by atoms with Gasteiger partial charge in [0.05, 0.1) is 19.1 Å². The molecule has 1 heterocycles. The number of rotatable bonds is 8. The number of urea groups is 1. The normalized spacial score (nSPS) is 12.4. The lowest BCUT2D eigenvalue weighted by Gasteiger charge is -2.30. The summed E-state index contributed by atoms with van der Waals surface area (Å²) >= 11 is 0. The lowest BCUT2D eigenvalue weighted by atomic mass is 9.89. The van der Waals surface area contributed by atoms with Crippen molar-refractivity contribution in [2.75, 3.05) is 19.0 Å². The van der Waals surface area contributed by atoms with Gasteiger partial charge >= 0.3 is 12.0 Å². The zero-order valence-corrected chi connectivity index (χ0v) is 15.4. The monoisotopic (exact) mass is 369 g/mol. The molecule has 142 valence electrons. The van der Waals surface area contributed by atoms with Gasteiger partial charge < -0.3 is 20.1 Å². The Kier molecular flexibility index (Phi) is 6.93. The maximum absolute atomic E-state index is 12.5. The fourth-order valence-electron chi connectivity index (χ4n) is 2.53. The van der Waals surface area contributed by atoms with Crippen molar-refractivity contribution in [2.45, 2.75) is 18.9 Å². The van der Waals surface area contributed by atoms with Gasteiger partial charge in [0.15, 0.2) is 0 Å². The number of esters is 1. The third-order valence-electron chi connectivity index (χ3n) is 3.89. The van der Waals surface area contributed by atoms with Crippen molar-refractivity contribution in [3.63, 3.8) is 0 Å². The molecular weight excluding hydrogens is 346 g/mol. The number of benzene rings is 1. The molecule has 7 heteroatoms. The van der Waals surface area contributed by atoms with Crippen LogP contribution in [0, 0.1) is 0 Å². The van der Waals surface area contributed by atoms with Crippen LogP contribution >= 0.6 is 0 Å². The second-order valence-corrected chi connectivity index (χ2v) is 6.03. The number of carbonyl (C=O) groups excluding carboxylic acids is 2. The fraction of sp³-hybridized carbons (Fsp3) is 0.250. The van der Waals surface area contributed by atoms with Gasteiger partial charge in [0.2, 0.25) is 0 Å². The van der Waals surface area contributed by atoms with Gasteiger partial charge in [-0.3, -0.25) is 9.78 Å². The number of nitrogens with zero attached hydrogens (tertiary/aromatic N) is 1. The minimum Gasteiger partial charge on any atom is -0.489 e. The molecule has 2 aromatic rings. The maximum Gasteiger partial charge on any atom is 0.319 e. The highest BCUT2D eigenvalue weighted by Crippen LogP contribution is 2.25. The molecule has 7 nitrogen and oxygen atoms in total. The Hall–Kier alpha value is -3.35. The van der Waals surface area contributed by atoms with Crippen LogP contribution < -0.4 is 15.4 Å². The maximum atomic E-state index is 12.5. The molecule has 27 heavy (non-hydrogen) atoms. The number of anilines is 1. The van der Waals surface area contributed by atoms with Gasteiger partial charge in [-0.1, -0.05) is 18.7 Å². The van der Waals surface area contributed by atoms with Crippen LogP contribution in [-0.2, 0) is 15.1 Å². The summed E-state index contributed by atoms with van der Waals surface area (Å²) in [6, 6.07) is 10.0. The van der Waals surface area contributed by atoms with Crippen LogP contribution in [0.4, 0.5) is 10.5 Å². The van der Waals surface area contributed by atoms with Crippen LogP contribution in [0.5, 0.6) is 5.75 Å². The standard InChI is InChI=1S/C20H23N3O4/c1-4-12-27-17-7-5-6-16(13-17)22-19(25)23-20(2,14-18(24)26-3)15-8-10-21-11-9-15/h4-11,13H,1,12,14H2,2-3H3,(H2,22,23,25). The molecule has 0 saturated heterocycles. The lowest BCUT2D eigenvalue weighted by molar-refractivity contribution is -0.142. The van der Waals surface area contributed by atoms with Gasteiger partial charge in [0, 0.05) is 24.1 Å². The molecular formula is C20H23N3O4. The number of amides is 2. The minimum atomic E-state index is -0.961. The van der Waals surface area contributed by atoms with E-state index in [-0.39, 0.29) is 6.42 Å². The molecule has 0 radical (unpaired) electrons. The first-order chi connectivity index (χ1) is 13.0. The Morgan fingerprint density at radius 1 is 1.26 bits per heavy atom. The van der Waals surface area contributed by atoms with E-state index in [0.717, 1.165) is 5.56 Å². The highest BCUT2D eigenvalue weighted by Gasteiger charge is 2.32. The minimum absolute atomic E-state index is 0.0244. The van der Waals surface area contributed by atoms with Gasteiger partial charge in [-0.2, -0.15) is 0 Å². The molecule has 0 aliphatic heterocycles. The zero-order valence-electron chi connectivity index (χ0n) is 15.4. The SMILES string of the molecule is C=CCOc1cccc(NC(=O)NC(C)(CC(=O)OC)c2ccncc2)c1. The van der Waals surface area contributed by atoms with E-state index in [1.807, 2.05) is 0 Å². The number of aromatic nitrogens is 1. The average molecular weight is 369 g/mol. The van der Waals surface area contributed by atoms with Gasteiger partial charge in [0.25, 0.3) is 0 Å². The van der Waals surface area contributed by atoms with Crippen molar-refractivity contribution in [3.05, 3.63) is 67.0 Å². The molecule has 1 aromatic heterocycles. The smallest absolute Gasteiger partial charge is 0.319 e. The second kappa shape index (κ2) is 9.38. The summed E-state index contributed by atoms with van der Waals surface area (Å²) < 4.78 is 10.2. The van der Waals surface area contributed by atoms with Crippen molar-refractivity contribution in [1.82, 2.24) is 10.3 Å². The Morgan fingerprint density at radius 3 is 2.67 bits per heavy atom. The van der Waals surface area contributed by atoms with Crippen molar-refractivity contribution < 1.29 is 19.1 Å². The topological polar surface area (TPSA) is 89.6 Å². The summed E-state index contributed by atoms with van der Waals surface area (Å²) in [7, 11) is 1.31. The molecule has 0 fully saturated rings. The third kappa shape index (κ3) is 5.85. The van der Waals surface area contributed by atoms with E-state index >= 15 is 0 Å². The van der Waals surface area contributed by atoms with Crippen molar-refractivity contribution in [3.8, 4) is 5.75 Å². The summed E-state index contributed by atoms with van der Waals surface area (Å²) in [4.78, 5) is 28.4. The van der Waals surface area contributed by atoms with Crippen LogP contribution in [0.2, 0.25) is 0 Å². The van der Waals surface area contributed by atoms with Gasteiger partial charge in [-0.15, -0.1) is 0 Å². The molecule has 1 aromatic carbocycles. The lowest BCUT2D eigenvalue weighted by Crippen LogP contribution is -2.47. The Morgan fingerprint density at radius 2 is 2.00 bits per heavy atom. The summed E-state index contributed by atoms with van der Waals surface area (Å²) in [5, 5.41) is 5.60.